The number of pyridine rings is 1. The van der Waals surface area contributed by atoms with Crippen LogP contribution in [0.2, 0.25) is 5.02 Å². The van der Waals surface area contributed by atoms with Gasteiger partial charge in [-0.25, -0.2) is 13.4 Å². The zero-order chi connectivity index (χ0) is 15.6. The highest BCUT2D eigenvalue weighted by atomic mass is 35.5. The molecule has 112 valence electrons. The minimum atomic E-state index is -4.69. The molecule has 10 heteroatoms. The van der Waals surface area contributed by atoms with Gasteiger partial charge in [0.05, 0.1) is 17.2 Å². The minimum Gasteiger partial charge on any atom is -0.465 e. The van der Waals surface area contributed by atoms with Crippen LogP contribution in [0.1, 0.15) is 12.5 Å². The van der Waals surface area contributed by atoms with Gasteiger partial charge in [0.25, 0.3) is 0 Å². The zero-order valence-corrected chi connectivity index (χ0v) is 11.6. The summed E-state index contributed by atoms with van der Waals surface area (Å²) >= 11 is 5.49. The van der Waals surface area contributed by atoms with Gasteiger partial charge in [0.15, 0.2) is 10.8 Å². The summed E-state index contributed by atoms with van der Waals surface area (Å²) < 4.78 is 65.1. The Labute approximate surface area is 117 Å². The summed E-state index contributed by atoms with van der Waals surface area (Å²) in [5.41, 5.74) is -1.18. The zero-order valence-electron chi connectivity index (χ0n) is 10.1. The van der Waals surface area contributed by atoms with E-state index in [1.807, 2.05) is 0 Å². The highest BCUT2D eigenvalue weighted by Crippen LogP contribution is 2.32. The van der Waals surface area contributed by atoms with Crippen molar-refractivity contribution in [3.8, 4) is 0 Å². The number of halogens is 4. The van der Waals surface area contributed by atoms with Crippen molar-refractivity contribution < 1.29 is 31.1 Å². The standard InChI is InChI=1S/C10H9ClF3NO4S/c1-2-19-8(16)5-20(17,18)9-7(11)3-6(4-15-9)10(12,13)14/h3-4H,2,5H2,1H3. The van der Waals surface area contributed by atoms with E-state index in [1.165, 1.54) is 6.92 Å². The fraction of sp³-hybridized carbons (Fsp3) is 0.400. The van der Waals surface area contributed by atoms with Gasteiger partial charge >= 0.3 is 12.1 Å². The number of alkyl halides is 3. The first-order valence-corrected chi connectivity index (χ1v) is 7.22. The van der Waals surface area contributed by atoms with Crippen molar-refractivity contribution in [1.29, 1.82) is 0 Å². The van der Waals surface area contributed by atoms with E-state index < -0.39 is 43.3 Å². The van der Waals surface area contributed by atoms with Gasteiger partial charge in [0.2, 0.25) is 9.84 Å². The summed E-state index contributed by atoms with van der Waals surface area (Å²) in [5, 5.41) is -1.50. The Morgan fingerprint density at radius 3 is 2.50 bits per heavy atom. The lowest BCUT2D eigenvalue weighted by Gasteiger charge is -2.09. The number of nitrogens with zero attached hydrogens (tertiary/aromatic N) is 1. The van der Waals surface area contributed by atoms with E-state index in [0.29, 0.717) is 12.3 Å². The van der Waals surface area contributed by atoms with Crippen LogP contribution in [0.4, 0.5) is 13.2 Å². The number of hydrogen-bond acceptors (Lipinski definition) is 5. The van der Waals surface area contributed by atoms with Gasteiger partial charge in [-0.3, -0.25) is 4.79 Å². The molecule has 0 aliphatic rings. The van der Waals surface area contributed by atoms with E-state index >= 15 is 0 Å². The van der Waals surface area contributed by atoms with Gasteiger partial charge in [-0.2, -0.15) is 13.2 Å². The maximum Gasteiger partial charge on any atom is 0.417 e. The molecular formula is C10H9ClF3NO4S. The fourth-order valence-electron chi connectivity index (χ4n) is 1.24. The van der Waals surface area contributed by atoms with Gasteiger partial charge in [0.1, 0.15) is 0 Å². The number of hydrogen-bond donors (Lipinski definition) is 0. The average Bonchev–Trinajstić information content (AvgIpc) is 2.26. The van der Waals surface area contributed by atoms with Crippen LogP contribution < -0.4 is 0 Å². The molecule has 0 amide bonds. The number of sulfone groups is 1. The minimum absolute atomic E-state index is 0.0253. The van der Waals surface area contributed by atoms with Crippen LogP contribution >= 0.6 is 11.6 Å². The predicted octanol–water partition coefficient (Wildman–Crippen LogP) is 2.09. The third-order valence-electron chi connectivity index (χ3n) is 2.04. The molecule has 1 heterocycles. The molecule has 0 unspecified atom stereocenters. The third-order valence-corrected chi connectivity index (χ3v) is 3.97. The van der Waals surface area contributed by atoms with Gasteiger partial charge in [-0.15, -0.1) is 0 Å². The maximum atomic E-state index is 12.4. The van der Waals surface area contributed by atoms with E-state index in [9.17, 15) is 26.4 Å². The second kappa shape index (κ2) is 5.96. The Kier molecular flexibility index (Phi) is 4.98. The number of esters is 1. The molecule has 1 rings (SSSR count). The van der Waals surface area contributed by atoms with Crippen molar-refractivity contribution in [2.75, 3.05) is 12.4 Å². The van der Waals surface area contributed by atoms with Crippen molar-refractivity contribution >= 4 is 27.4 Å². The lowest BCUT2D eigenvalue weighted by molar-refractivity contribution is -0.140. The second-order valence-corrected chi connectivity index (χ2v) is 5.88. The Morgan fingerprint density at radius 2 is 2.05 bits per heavy atom. The van der Waals surface area contributed by atoms with E-state index in [-0.39, 0.29) is 6.61 Å². The van der Waals surface area contributed by atoms with Crippen LogP contribution in [0.15, 0.2) is 17.3 Å². The molecule has 0 atom stereocenters. The smallest absolute Gasteiger partial charge is 0.417 e. The van der Waals surface area contributed by atoms with Crippen LogP contribution in [-0.4, -0.2) is 31.7 Å². The van der Waals surface area contributed by atoms with Crippen molar-refractivity contribution in [2.24, 2.45) is 0 Å². The highest BCUT2D eigenvalue weighted by molar-refractivity contribution is 7.92. The Hall–Kier alpha value is -1.35. The maximum absolute atomic E-state index is 12.4. The fourth-order valence-corrected chi connectivity index (χ4v) is 2.85. The monoisotopic (exact) mass is 331 g/mol. The van der Waals surface area contributed by atoms with Crippen molar-refractivity contribution in [1.82, 2.24) is 4.98 Å². The van der Waals surface area contributed by atoms with Crippen LogP contribution in [-0.2, 0) is 25.5 Å². The summed E-state index contributed by atoms with van der Waals surface area (Å²) in [6.45, 7) is 1.45. The molecule has 0 N–H and O–H groups in total. The Balaban J connectivity index is 3.11. The lowest BCUT2D eigenvalue weighted by Crippen LogP contribution is -2.20. The second-order valence-electron chi connectivity index (χ2n) is 3.57. The summed E-state index contributed by atoms with van der Waals surface area (Å²) in [5.74, 6) is -2.08. The lowest BCUT2D eigenvalue weighted by atomic mass is 10.3. The largest absolute Gasteiger partial charge is 0.465 e. The molecule has 0 saturated carbocycles. The quantitative estimate of drug-likeness (QED) is 0.790. The van der Waals surface area contributed by atoms with E-state index in [2.05, 4.69) is 9.72 Å². The van der Waals surface area contributed by atoms with E-state index in [0.717, 1.165) is 0 Å². The van der Waals surface area contributed by atoms with Crippen molar-refractivity contribution in [3.63, 3.8) is 0 Å². The first-order valence-electron chi connectivity index (χ1n) is 5.19. The third kappa shape index (κ3) is 4.07. The first kappa shape index (κ1) is 16.7. The molecule has 5 nitrogen and oxygen atoms in total. The summed E-state index contributed by atoms with van der Waals surface area (Å²) in [6, 6.07) is 0.437. The average molecular weight is 332 g/mol. The van der Waals surface area contributed by atoms with Crippen LogP contribution in [0.25, 0.3) is 0 Å². The molecule has 0 aliphatic heterocycles. The first-order chi connectivity index (χ1) is 9.08. The summed E-state index contributed by atoms with van der Waals surface area (Å²) in [4.78, 5) is 14.3. The molecule has 0 aliphatic carbocycles. The van der Waals surface area contributed by atoms with Gasteiger partial charge in [0, 0.05) is 6.20 Å². The molecule has 1 aromatic rings. The summed E-state index contributed by atoms with van der Waals surface area (Å²) in [7, 11) is -4.26. The summed E-state index contributed by atoms with van der Waals surface area (Å²) in [6.07, 6.45) is -4.36. The molecule has 0 radical (unpaired) electrons. The Morgan fingerprint density at radius 1 is 1.45 bits per heavy atom. The normalized spacial score (nSPS) is 12.2. The van der Waals surface area contributed by atoms with Gasteiger partial charge in [-0.1, -0.05) is 11.6 Å². The molecule has 0 spiro atoms. The molecule has 1 aromatic heterocycles. The number of carbonyl (C=O) groups is 1. The van der Waals surface area contributed by atoms with E-state index in [1.54, 1.807) is 0 Å². The number of aromatic nitrogens is 1. The van der Waals surface area contributed by atoms with Gasteiger partial charge in [-0.05, 0) is 13.0 Å². The molecule has 0 aromatic carbocycles. The molecule has 0 bridgehead atoms. The predicted molar refractivity (Wildman–Crippen MR) is 62.9 cm³/mol. The highest BCUT2D eigenvalue weighted by Gasteiger charge is 2.33. The molecule has 0 saturated heterocycles. The van der Waals surface area contributed by atoms with Gasteiger partial charge < -0.3 is 4.74 Å². The topological polar surface area (TPSA) is 73.3 Å². The molecule has 0 fully saturated rings. The van der Waals surface area contributed by atoms with Crippen LogP contribution in [0, 0.1) is 0 Å². The number of carbonyl (C=O) groups excluding carboxylic acids is 1. The van der Waals surface area contributed by atoms with E-state index in [4.69, 9.17) is 11.6 Å². The van der Waals surface area contributed by atoms with Crippen LogP contribution in [0.5, 0.6) is 0 Å². The molecule has 20 heavy (non-hydrogen) atoms. The number of ether oxygens (including phenoxy) is 1. The molecular weight excluding hydrogens is 323 g/mol. The van der Waals surface area contributed by atoms with Crippen molar-refractivity contribution in [2.45, 2.75) is 18.1 Å². The van der Waals surface area contributed by atoms with Crippen molar-refractivity contribution in [3.05, 3.63) is 22.8 Å². The number of rotatable bonds is 4. The van der Waals surface area contributed by atoms with Crippen LogP contribution in [0.3, 0.4) is 0 Å². The Bertz CT molecular complexity index is 615. The SMILES string of the molecule is CCOC(=O)CS(=O)(=O)c1ncc(C(F)(F)F)cc1Cl.